The molecule has 0 spiro atoms. The Bertz CT molecular complexity index is 2790. The summed E-state index contributed by atoms with van der Waals surface area (Å²) in [5.74, 6) is -7.59. The average molecular weight is 1020 g/mol. The highest BCUT2D eigenvalue weighted by Gasteiger charge is 2.38. The maximum Gasteiger partial charge on any atom is 0.326 e. The molecule has 4 amide bonds. The number of benzene rings is 3. The molecule has 15 N–H and O–H groups in total. The number of carboxylic acid groups (broad SMARTS) is 1. The van der Waals surface area contributed by atoms with E-state index in [1.807, 2.05) is 25.5 Å². The number of ether oxygens (including phenoxy) is 2. The number of nitrogens with zero attached hydrogens (tertiary/aromatic N) is 3. The van der Waals surface area contributed by atoms with Crippen molar-refractivity contribution < 1.29 is 61.6 Å². The summed E-state index contributed by atoms with van der Waals surface area (Å²) in [6.45, 7) is 7.24. The van der Waals surface area contributed by atoms with Crippen LogP contribution in [-0.4, -0.2) is 132 Å². The maximum atomic E-state index is 15.6. The van der Waals surface area contributed by atoms with Crippen LogP contribution in [0.4, 0.5) is 10.2 Å². The number of aryl methyl sites for hydroxylation is 1. The van der Waals surface area contributed by atoms with Crippen LogP contribution in [0.25, 0.3) is 22.5 Å². The first-order valence-electron chi connectivity index (χ1n) is 22.8. The smallest absolute Gasteiger partial charge is 0.326 e. The zero-order chi connectivity index (χ0) is 53.4. The molecule has 2 heterocycles. The summed E-state index contributed by atoms with van der Waals surface area (Å²) < 4.78 is 54.0. The lowest BCUT2D eigenvalue weighted by atomic mass is 9.82. The summed E-state index contributed by atoms with van der Waals surface area (Å²) in [4.78, 5) is 79.1. The van der Waals surface area contributed by atoms with E-state index in [9.17, 15) is 47.7 Å². The van der Waals surface area contributed by atoms with Crippen molar-refractivity contribution in [3.8, 4) is 39.8 Å². The molecule has 3 aromatic carbocycles. The van der Waals surface area contributed by atoms with Crippen molar-refractivity contribution >= 4 is 45.6 Å². The number of nitrogen functional groups attached to an aromatic ring is 1. The monoisotopic (exact) mass is 1020 g/mol. The first-order valence-corrected chi connectivity index (χ1v) is 24.3. The van der Waals surface area contributed by atoms with E-state index < -0.39 is 94.0 Å². The topological polar surface area (TPSA) is 380 Å². The minimum absolute atomic E-state index is 0.0124. The number of anilines is 1. The molecule has 0 radical (unpaired) electrons. The lowest BCUT2D eigenvalue weighted by Gasteiger charge is -2.33. The van der Waals surface area contributed by atoms with Gasteiger partial charge >= 0.3 is 5.97 Å². The normalized spacial score (nSPS) is 17.1. The summed E-state index contributed by atoms with van der Waals surface area (Å²) >= 11 is 0. The third-order valence-electron chi connectivity index (χ3n) is 12.2. The Morgan fingerprint density at radius 1 is 1.00 bits per heavy atom. The Morgan fingerprint density at radius 2 is 1.71 bits per heavy atom. The van der Waals surface area contributed by atoms with Crippen molar-refractivity contribution in [3.05, 3.63) is 82.3 Å². The van der Waals surface area contributed by atoms with Crippen molar-refractivity contribution in [1.82, 2.24) is 35.5 Å². The molecule has 72 heavy (non-hydrogen) atoms. The summed E-state index contributed by atoms with van der Waals surface area (Å²) in [6, 6.07) is 4.81. The summed E-state index contributed by atoms with van der Waals surface area (Å²) in [5.41, 5.74) is 17.9. The Hall–Kier alpha value is -7.03. The van der Waals surface area contributed by atoms with E-state index in [0.29, 0.717) is 12.0 Å². The first kappa shape index (κ1) is 55.9. The number of nitrogens with two attached hydrogens (primary N) is 4. The zero-order valence-electron chi connectivity index (χ0n) is 40.6. The van der Waals surface area contributed by atoms with Gasteiger partial charge < -0.3 is 62.8 Å². The van der Waals surface area contributed by atoms with Gasteiger partial charge in [0, 0.05) is 37.7 Å². The number of aromatic nitrogens is 2. The van der Waals surface area contributed by atoms with Crippen molar-refractivity contribution in [2.75, 3.05) is 45.6 Å². The molecular formula is C47H62FN11O12S. The molecule has 1 aromatic heterocycles. The second-order valence-electron chi connectivity index (χ2n) is 17.9. The van der Waals surface area contributed by atoms with Gasteiger partial charge in [-0.2, -0.15) is 13.1 Å². The number of amides is 4. The molecule has 0 unspecified atom stereocenters. The van der Waals surface area contributed by atoms with E-state index >= 15 is 4.39 Å². The largest absolute Gasteiger partial charge is 0.504 e. The third-order valence-corrected chi connectivity index (χ3v) is 12.7. The number of aliphatic hydroxyl groups excluding tert-OH is 1. The van der Waals surface area contributed by atoms with Crippen LogP contribution in [0.15, 0.2) is 48.5 Å². The molecule has 0 saturated heterocycles. The Balaban J connectivity index is 1.65. The number of carboxylic acids is 1. The van der Waals surface area contributed by atoms with E-state index in [1.54, 1.807) is 6.07 Å². The van der Waals surface area contributed by atoms with Crippen LogP contribution in [0.2, 0.25) is 0 Å². The molecule has 4 bridgehead atoms. The van der Waals surface area contributed by atoms with Crippen molar-refractivity contribution in [2.45, 2.75) is 89.6 Å². The number of rotatable bonds is 19. The molecule has 4 aromatic rings. The zero-order valence-corrected chi connectivity index (χ0v) is 41.4. The highest BCUT2D eigenvalue weighted by molar-refractivity contribution is 7.87. The number of halogens is 1. The molecule has 5 atom stereocenters. The fourth-order valence-electron chi connectivity index (χ4n) is 7.62. The highest BCUT2D eigenvalue weighted by Crippen LogP contribution is 2.45. The summed E-state index contributed by atoms with van der Waals surface area (Å²) in [5, 5.41) is 44.9. The molecule has 5 rings (SSSR count). The van der Waals surface area contributed by atoms with Gasteiger partial charge in [0.05, 0.1) is 17.9 Å². The van der Waals surface area contributed by atoms with Crippen LogP contribution in [0.1, 0.15) is 79.3 Å². The maximum absolute atomic E-state index is 15.6. The molecule has 1 aliphatic rings. The summed E-state index contributed by atoms with van der Waals surface area (Å²) in [6.07, 6.45) is -0.401. The fourth-order valence-corrected chi connectivity index (χ4v) is 8.02. The Labute approximate surface area is 415 Å². The van der Waals surface area contributed by atoms with Crippen LogP contribution in [-0.2, 0) is 41.2 Å². The molecule has 0 saturated carbocycles. The Kier molecular flexibility index (Phi) is 18.2. The van der Waals surface area contributed by atoms with Gasteiger partial charge in [0.15, 0.2) is 17.3 Å². The number of phenolic OH excluding ortho intramolecular Hbond substituents is 1. The number of fused-ring (bicyclic) bond motifs is 5. The molecule has 390 valence electrons. The predicted octanol–water partition coefficient (Wildman–Crippen LogP) is 0.381. The second-order valence-corrected chi connectivity index (χ2v) is 19.2. The number of carbonyl (C=O) groups excluding carboxylic acids is 4. The number of nitrogens with one attached hydrogen (secondary N) is 4. The van der Waals surface area contributed by atoms with Gasteiger partial charge in [-0.15, -0.1) is 0 Å². The molecule has 0 fully saturated rings. The number of aliphatic carboxylic acids is 1. The number of aliphatic hydroxyl groups is 1. The summed E-state index contributed by atoms with van der Waals surface area (Å²) in [7, 11) is -3.43. The quantitative estimate of drug-likeness (QED) is 0.0566. The molecular weight excluding hydrogens is 962 g/mol. The fraction of sp³-hybridized carbons (Fsp3) is 0.426. The minimum Gasteiger partial charge on any atom is -0.504 e. The third kappa shape index (κ3) is 13.5. The van der Waals surface area contributed by atoms with E-state index in [2.05, 4.69) is 25.9 Å². The van der Waals surface area contributed by atoms with Gasteiger partial charge in [-0.05, 0) is 91.7 Å². The van der Waals surface area contributed by atoms with Gasteiger partial charge in [-0.3, -0.25) is 19.2 Å². The van der Waals surface area contributed by atoms with Gasteiger partial charge in [0.1, 0.15) is 59.8 Å². The number of aromatic hydroxyl groups is 1. The second kappa shape index (κ2) is 23.5. The molecule has 1 aliphatic heterocycles. The lowest BCUT2D eigenvalue weighted by molar-refractivity contribution is -0.143. The first-order chi connectivity index (χ1) is 33.8. The van der Waals surface area contributed by atoms with Crippen LogP contribution in [0.5, 0.6) is 17.2 Å². The van der Waals surface area contributed by atoms with Crippen LogP contribution >= 0.6 is 0 Å². The number of hydrogen-bond donors (Lipinski definition) is 11. The number of phenols is 1. The van der Waals surface area contributed by atoms with Crippen LogP contribution in [0.3, 0.4) is 0 Å². The van der Waals surface area contributed by atoms with Crippen molar-refractivity contribution in [2.24, 2.45) is 16.6 Å². The molecule has 23 nitrogen and oxygen atoms in total. The van der Waals surface area contributed by atoms with Crippen molar-refractivity contribution in [3.63, 3.8) is 0 Å². The number of likely N-dealkylation sites (N-methyl/N-ethyl adjacent to an activating group) is 1. The standard InChI is InChI=1S/C47H62FN11O12S/c1-7-47(4,5)27-10-11-29(32(48)19-27)41-54-23(2)37(40(51)58-41)43(63)57-34(21-53-72(52,68)69)45(65)59(6)38-26-17-31(39(61)36(18-26)70-14-8-13-49)30-15-25(9-12-35(30)71-22-28(60)20-50)16-33(46(66)67)56-42(62)24(3)55-44(38)64/h9-12,15,17-19,24,28,33-34,38,53,60-61H,7-8,13-14,16,20-22,49-50H2,1-6H3,(H,55,64)(H,56,62)(H,57,63)(H,66,67)(H2,51,54,58)(H2,52,68,69)/t24-,28+,33-,34-,38-/m0/s1. The van der Waals surface area contributed by atoms with Gasteiger partial charge in [0.2, 0.25) is 17.7 Å². The SMILES string of the molecule is CCC(C)(C)c1ccc(-c2nc(C)c(C(=O)N[C@@H](CNS(N)(=O)=O)C(=O)N(C)[C@@H]3C(=O)N[C@@H](C)C(=O)N[C@H](C(=O)O)Cc4ccc(OC[C@H](O)CN)c(c4)-c4cc3cc(OCCCN)c4O)c(N)n2)c(F)c1. The Morgan fingerprint density at radius 3 is 2.32 bits per heavy atom. The van der Waals surface area contributed by atoms with E-state index in [-0.39, 0.29) is 89.0 Å². The van der Waals surface area contributed by atoms with Crippen LogP contribution < -0.4 is 52.5 Å². The number of carbonyl (C=O) groups is 5. The predicted molar refractivity (Wildman–Crippen MR) is 262 cm³/mol. The van der Waals surface area contributed by atoms with E-state index in [1.165, 1.54) is 56.3 Å². The lowest BCUT2D eigenvalue weighted by Crippen LogP contribution is -2.57. The van der Waals surface area contributed by atoms with Crippen molar-refractivity contribution in [1.29, 1.82) is 0 Å². The molecule has 25 heteroatoms. The highest BCUT2D eigenvalue weighted by atomic mass is 32.2. The van der Waals surface area contributed by atoms with Crippen LogP contribution in [0, 0.1) is 12.7 Å². The minimum atomic E-state index is -4.56. The van der Waals surface area contributed by atoms with Gasteiger partial charge in [0.25, 0.3) is 16.1 Å². The average Bonchev–Trinajstić information content (AvgIpc) is 3.31. The number of hydrogen-bond acceptors (Lipinski definition) is 16. The van der Waals surface area contributed by atoms with Gasteiger partial charge in [-0.25, -0.2) is 24.3 Å². The van der Waals surface area contributed by atoms with E-state index in [0.717, 1.165) is 23.9 Å². The molecule has 0 aliphatic carbocycles. The van der Waals surface area contributed by atoms with Gasteiger partial charge in [-0.1, -0.05) is 32.9 Å². The van der Waals surface area contributed by atoms with E-state index in [4.69, 9.17) is 31.8 Å².